The molecule has 0 spiro atoms. The van der Waals surface area contributed by atoms with Gasteiger partial charge in [-0.1, -0.05) is 26.0 Å². The first-order valence-electron chi connectivity index (χ1n) is 9.86. The molecule has 0 atom stereocenters. The molecular weight excluding hydrogens is 364 g/mol. The Hall–Kier alpha value is -3.55. The zero-order valence-corrected chi connectivity index (χ0v) is 16.6. The number of nitrogens with one attached hydrogen (secondary N) is 2. The van der Waals surface area contributed by atoms with Gasteiger partial charge in [0.05, 0.1) is 17.9 Å². The summed E-state index contributed by atoms with van der Waals surface area (Å²) in [4.78, 5) is 8.78. The van der Waals surface area contributed by atoms with Crippen molar-refractivity contribution in [3.63, 3.8) is 0 Å². The Kier molecular flexibility index (Phi) is 5.60. The van der Waals surface area contributed by atoms with Crippen LogP contribution >= 0.6 is 0 Å². The third kappa shape index (κ3) is 4.16. The summed E-state index contributed by atoms with van der Waals surface area (Å²) in [5.74, 6) is 1.38. The predicted octanol–water partition coefficient (Wildman–Crippen LogP) is 3.79. The quantitative estimate of drug-likeness (QED) is 0.474. The van der Waals surface area contributed by atoms with Crippen molar-refractivity contribution in [2.75, 3.05) is 10.6 Å². The van der Waals surface area contributed by atoms with Gasteiger partial charge in [-0.25, -0.2) is 0 Å². The van der Waals surface area contributed by atoms with Gasteiger partial charge >= 0.3 is 0 Å². The molecule has 0 bridgehead atoms. The fourth-order valence-corrected chi connectivity index (χ4v) is 3.13. The summed E-state index contributed by atoms with van der Waals surface area (Å²) in [7, 11) is 0. The van der Waals surface area contributed by atoms with Crippen molar-refractivity contribution in [2.45, 2.75) is 39.3 Å². The molecule has 148 valence electrons. The van der Waals surface area contributed by atoms with E-state index in [-0.39, 0.29) is 0 Å². The maximum absolute atomic E-state index is 4.75. The molecule has 0 unspecified atom stereocenters. The summed E-state index contributed by atoms with van der Waals surface area (Å²) in [6.07, 6.45) is 5.56. The summed E-state index contributed by atoms with van der Waals surface area (Å²) in [6, 6.07) is 13.9. The van der Waals surface area contributed by atoms with Gasteiger partial charge in [-0.05, 0) is 37.1 Å². The van der Waals surface area contributed by atoms with Gasteiger partial charge in [-0.15, -0.1) is 15.3 Å². The van der Waals surface area contributed by atoms with Gasteiger partial charge in [0.15, 0.2) is 0 Å². The SMILES string of the molecule is CCC(CC)Nc1cc(NCc2ccccn2)c2nnc(-c3ccccn3)n2n1. The van der Waals surface area contributed by atoms with Gasteiger partial charge in [0.1, 0.15) is 11.5 Å². The number of pyridine rings is 2. The molecule has 4 rings (SSSR count). The molecule has 4 aromatic rings. The van der Waals surface area contributed by atoms with Crippen molar-refractivity contribution in [1.29, 1.82) is 0 Å². The Morgan fingerprint density at radius 3 is 2.45 bits per heavy atom. The number of aromatic nitrogens is 6. The topological polar surface area (TPSA) is 92.9 Å². The Morgan fingerprint density at radius 1 is 0.966 bits per heavy atom. The lowest BCUT2D eigenvalue weighted by atomic mass is 10.2. The molecule has 0 aliphatic heterocycles. The van der Waals surface area contributed by atoms with Crippen molar-refractivity contribution < 1.29 is 0 Å². The van der Waals surface area contributed by atoms with Crippen LogP contribution < -0.4 is 10.6 Å². The number of hydrogen-bond donors (Lipinski definition) is 2. The molecule has 8 nitrogen and oxygen atoms in total. The lowest BCUT2D eigenvalue weighted by Gasteiger charge is -2.17. The average Bonchev–Trinajstić information content (AvgIpc) is 3.21. The smallest absolute Gasteiger partial charge is 0.203 e. The van der Waals surface area contributed by atoms with E-state index in [1.807, 2.05) is 42.5 Å². The lowest BCUT2D eigenvalue weighted by molar-refractivity contribution is 0.665. The van der Waals surface area contributed by atoms with E-state index in [0.717, 1.165) is 35.7 Å². The number of anilines is 2. The highest BCUT2D eigenvalue weighted by Crippen LogP contribution is 2.24. The van der Waals surface area contributed by atoms with Crippen molar-refractivity contribution in [3.8, 4) is 11.5 Å². The molecule has 0 radical (unpaired) electrons. The van der Waals surface area contributed by atoms with Crippen LogP contribution in [-0.2, 0) is 6.54 Å². The van der Waals surface area contributed by atoms with E-state index >= 15 is 0 Å². The maximum Gasteiger partial charge on any atom is 0.203 e. The minimum atomic E-state index is 0.346. The van der Waals surface area contributed by atoms with E-state index in [9.17, 15) is 0 Å². The molecule has 0 fully saturated rings. The third-order valence-electron chi connectivity index (χ3n) is 4.79. The largest absolute Gasteiger partial charge is 0.376 e. The zero-order valence-electron chi connectivity index (χ0n) is 16.6. The van der Waals surface area contributed by atoms with Crippen LogP contribution in [-0.4, -0.2) is 35.8 Å². The van der Waals surface area contributed by atoms with E-state index in [1.165, 1.54) is 0 Å². The van der Waals surface area contributed by atoms with E-state index < -0.39 is 0 Å². The van der Waals surface area contributed by atoms with Crippen molar-refractivity contribution in [1.82, 2.24) is 29.8 Å². The van der Waals surface area contributed by atoms with Crippen LogP contribution in [0, 0.1) is 0 Å². The molecule has 0 aliphatic rings. The monoisotopic (exact) mass is 388 g/mol. The fourth-order valence-electron chi connectivity index (χ4n) is 3.13. The van der Waals surface area contributed by atoms with Crippen LogP contribution in [0.5, 0.6) is 0 Å². The molecule has 4 heterocycles. The fraction of sp³-hybridized carbons (Fsp3) is 0.286. The summed E-state index contributed by atoms with van der Waals surface area (Å²) < 4.78 is 1.74. The van der Waals surface area contributed by atoms with Gasteiger partial charge in [0, 0.05) is 24.5 Å². The molecule has 0 aliphatic carbocycles. The molecule has 0 aromatic carbocycles. The van der Waals surface area contributed by atoms with E-state index in [0.29, 0.717) is 24.1 Å². The summed E-state index contributed by atoms with van der Waals surface area (Å²) in [5, 5.41) is 20.4. The predicted molar refractivity (Wildman–Crippen MR) is 114 cm³/mol. The second kappa shape index (κ2) is 8.64. The first kappa shape index (κ1) is 18.8. The molecule has 2 N–H and O–H groups in total. The molecule has 0 amide bonds. The highest BCUT2D eigenvalue weighted by molar-refractivity contribution is 5.72. The van der Waals surface area contributed by atoms with E-state index in [1.54, 1.807) is 16.9 Å². The standard InChI is InChI=1S/C21H24N8/c1-3-15(4-2)25-19-13-18(24-14-16-9-5-7-11-22-16)21-27-26-20(29(21)28-19)17-10-6-8-12-23-17/h5-13,15,24H,3-4,14H2,1-2H3,(H,25,28). The molecule has 4 aromatic heterocycles. The molecule has 0 saturated heterocycles. The molecule has 29 heavy (non-hydrogen) atoms. The van der Waals surface area contributed by atoms with Crippen molar-refractivity contribution >= 4 is 17.2 Å². The summed E-state index contributed by atoms with van der Waals surface area (Å²) in [6.45, 7) is 4.91. The zero-order chi connectivity index (χ0) is 20.1. The van der Waals surface area contributed by atoms with Crippen LogP contribution in [0.4, 0.5) is 11.5 Å². The van der Waals surface area contributed by atoms with Crippen molar-refractivity contribution in [2.24, 2.45) is 0 Å². The van der Waals surface area contributed by atoms with Gasteiger partial charge in [-0.3, -0.25) is 9.97 Å². The Morgan fingerprint density at radius 2 is 1.76 bits per heavy atom. The van der Waals surface area contributed by atoms with Gasteiger partial charge in [0.2, 0.25) is 11.5 Å². The Labute approximate surface area is 169 Å². The van der Waals surface area contributed by atoms with Gasteiger partial charge < -0.3 is 10.6 Å². The Bertz CT molecular complexity index is 1060. The minimum absolute atomic E-state index is 0.346. The Balaban J connectivity index is 1.74. The van der Waals surface area contributed by atoms with Crippen LogP contribution in [0.1, 0.15) is 32.4 Å². The molecule has 8 heteroatoms. The average molecular weight is 388 g/mol. The van der Waals surface area contributed by atoms with Crippen LogP contribution in [0.3, 0.4) is 0 Å². The third-order valence-corrected chi connectivity index (χ3v) is 4.79. The minimum Gasteiger partial charge on any atom is -0.376 e. The molecule has 0 saturated carbocycles. The number of nitrogens with zero attached hydrogens (tertiary/aromatic N) is 6. The second-order valence-electron chi connectivity index (χ2n) is 6.75. The number of fused-ring (bicyclic) bond motifs is 1. The van der Waals surface area contributed by atoms with Gasteiger partial charge in [0.25, 0.3) is 0 Å². The summed E-state index contributed by atoms with van der Waals surface area (Å²) in [5.41, 5.74) is 3.16. The normalized spacial score (nSPS) is 11.1. The van der Waals surface area contributed by atoms with Crippen LogP contribution in [0.15, 0.2) is 54.9 Å². The first-order valence-corrected chi connectivity index (χ1v) is 9.86. The highest BCUT2D eigenvalue weighted by Gasteiger charge is 2.16. The lowest BCUT2D eigenvalue weighted by Crippen LogP contribution is -2.19. The highest BCUT2D eigenvalue weighted by atomic mass is 15.4. The maximum atomic E-state index is 4.75. The first-order chi connectivity index (χ1) is 14.3. The van der Waals surface area contributed by atoms with Crippen LogP contribution in [0.25, 0.3) is 17.2 Å². The molecular formula is C21H24N8. The van der Waals surface area contributed by atoms with E-state index in [2.05, 4.69) is 44.6 Å². The van der Waals surface area contributed by atoms with Crippen molar-refractivity contribution in [3.05, 3.63) is 60.6 Å². The van der Waals surface area contributed by atoms with E-state index in [4.69, 9.17) is 5.10 Å². The number of hydrogen-bond acceptors (Lipinski definition) is 7. The second-order valence-corrected chi connectivity index (χ2v) is 6.75. The summed E-state index contributed by atoms with van der Waals surface area (Å²) >= 11 is 0. The van der Waals surface area contributed by atoms with Crippen LogP contribution in [0.2, 0.25) is 0 Å². The van der Waals surface area contributed by atoms with Gasteiger partial charge in [-0.2, -0.15) is 4.52 Å². The number of rotatable bonds is 8.